The van der Waals surface area contributed by atoms with Crippen molar-refractivity contribution in [1.82, 2.24) is 9.13 Å². The molecule has 1 aromatic carbocycles. The summed E-state index contributed by atoms with van der Waals surface area (Å²) in [6.07, 6.45) is -0.0411. The number of hydrogen-bond donors (Lipinski definition) is 0. The molecular formula is C22H26N2O6. The Morgan fingerprint density at radius 3 is 2.67 bits per heavy atom. The zero-order valence-electron chi connectivity index (χ0n) is 17.6. The number of aromatic nitrogens is 2. The highest BCUT2D eigenvalue weighted by Crippen LogP contribution is 2.21. The number of rotatable bonds is 9. The van der Waals surface area contributed by atoms with E-state index in [4.69, 9.17) is 13.9 Å². The predicted octanol–water partition coefficient (Wildman–Crippen LogP) is 3.04. The van der Waals surface area contributed by atoms with Crippen molar-refractivity contribution >= 4 is 22.9 Å². The maximum Gasteiger partial charge on any atom is 0.419 e. The van der Waals surface area contributed by atoms with Crippen molar-refractivity contribution in [1.29, 1.82) is 0 Å². The average molecular weight is 414 g/mol. The summed E-state index contributed by atoms with van der Waals surface area (Å²) in [5.41, 5.74) is 3.36. The first-order valence-corrected chi connectivity index (χ1v) is 9.78. The Labute approximate surface area is 174 Å². The SMILES string of the molecule is COC[C@@H](C)n1c(C)cc(C(=O)COC(=O)CCn2c(=O)oc3ccccc32)c1C. The maximum absolute atomic E-state index is 12.6. The topological polar surface area (TPSA) is 92.7 Å². The van der Waals surface area contributed by atoms with E-state index in [-0.39, 0.29) is 31.4 Å². The number of hydrogen-bond acceptors (Lipinski definition) is 6. The van der Waals surface area contributed by atoms with Crippen LogP contribution in [0.5, 0.6) is 0 Å². The van der Waals surface area contributed by atoms with Crippen molar-refractivity contribution < 1.29 is 23.5 Å². The third-order valence-electron chi connectivity index (χ3n) is 5.11. The van der Waals surface area contributed by atoms with Gasteiger partial charge in [-0.1, -0.05) is 12.1 Å². The van der Waals surface area contributed by atoms with Crippen molar-refractivity contribution in [3.63, 3.8) is 0 Å². The second kappa shape index (κ2) is 9.13. The van der Waals surface area contributed by atoms with Crippen LogP contribution in [0.4, 0.5) is 0 Å². The molecule has 0 N–H and O–H groups in total. The van der Waals surface area contributed by atoms with Gasteiger partial charge in [-0.2, -0.15) is 0 Å². The predicted molar refractivity (Wildman–Crippen MR) is 111 cm³/mol. The lowest BCUT2D eigenvalue weighted by Crippen LogP contribution is -2.20. The van der Waals surface area contributed by atoms with Gasteiger partial charge < -0.3 is 18.5 Å². The third-order valence-corrected chi connectivity index (χ3v) is 5.11. The van der Waals surface area contributed by atoms with Gasteiger partial charge in [-0.25, -0.2) is 4.79 Å². The monoisotopic (exact) mass is 414 g/mol. The molecule has 0 unspecified atom stereocenters. The molecule has 30 heavy (non-hydrogen) atoms. The Morgan fingerprint density at radius 1 is 1.20 bits per heavy atom. The maximum atomic E-state index is 12.6. The molecule has 0 amide bonds. The molecule has 0 spiro atoms. The molecule has 0 radical (unpaired) electrons. The first-order chi connectivity index (χ1) is 14.3. The van der Waals surface area contributed by atoms with Gasteiger partial charge in [0.15, 0.2) is 12.2 Å². The van der Waals surface area contributed by atoms with Crippen LogP contribution in [-0.2, 0) is 20.8 Å². The highest BCUT2D eigenvalue weighted by molar-refractivity contribution is 5.99. The highest BCUT2D eigenvalue weighted by atomic mass is 16.5. The molecular weight excluding hydrogens is 388 g/mol. The van der Waals surface area contributed by atoms with Crippen LogP contribution < -0.4 is 5.76 Å². The lowest BCUT2D eigenvalue weighted by atomic mass is 10.1. The minimum absolute atomic E-state index is 0.0411. The van der Waals surface area contributed by atoms with Crippen molar-refractivity contribution in [2.24, 2.45) is 0 Å². The molecule has 8 nitrogen and oxygen atoms in total. The molecule has 0 fully saturated rings. The van der Waals surface area contributed by atoms with Crippen LogP contribution in [0.25, 0.3) is 11.1 Å². The molecule has 0 saturated heterocycles. The molecule has 2 aromatic heterocycles. The third kappa shape index (κ3) is 4.38. The minimum Gasteiger partial charge on any atom is -0.457 e. The average Bonchev–Trinajstić information content (AvgIpc) is 3.19. The fourth-order valence-corrected chi connectivity index (χ4v) is 3.78. The van der Waals surface area contributed by atoms with Crippen LogP contribution in [0.1, 0.15) is 41.1 Å². The molecule has 0 aliphatic carbocycles. The summed E-state index contributed by atoms with van der Waals surface area (Å²) in [6.45, 7) is 6.11. The van der Waals surface area contributed by atoms with Gasteiger partial charge in [-0.05, 0) is 39.0 Å². The Balaban J connectivity index is 1.60. The summed E-state index contributed by atoms with van der Waals surface area (Å²) in [4.78, 5) is 36.7. The van der Waals surface area contributed by atoms with Crippen molar-refractivity contribution in [3.05, 3.63) is 57.8 Å². The number of fused-ring (bicyclic) bond motifs is 1. The van der Waals surface area contributed by atoms with Gasteiger partial charge in [0.2, 0.25) is 5.78 Å². The molecule has 0 bridgehead atoms. The van der Waals surface area contributed by atoms with E-state index < -0.39 is 11.7 Å². The van der Waals surface area contributed by atoms with Crippen LogP contribution in [-0.4, -0.2) is 41.2 Å². The first kappa shape index (κ1) is 21.6. The van der Waals surface area contributed by atoms with Gasteiger partial charge >= 0.3 is 11.7 Å². The Morgan fingerprint density at radius 2 is 1.93 bits per heavy atom. The van der Waals surface area contributed by atoms with E-state index in [0.717, 1.165) is 11.4 Å². The number of methoxy groups -OCH3 is 1. The zero-order chi connectivity index (χ0) is 21.8. The second-order valence-electron chi connectivity index (χ2n) is 7.28. The quantitative estimate of drug-likeness (QED) is 0.395. The lowest BCUT2D eigenvalue weighted by Gasteiger charge is -2.17. The lowest BCUT2D eigenvalue weighted by molar-refractivity contribution is -0.142. The summed E-state index contributed by atoms with van der Waals surface area (Å²) in [5, 5.41) is 0. The normalized spacial score (nSPS) is 12.3. The Hall–Kier alpha value is -3.13. The van der Waals surface area contributed by atoms with Crippen LogP contribution in [0.2, 0.25) is 0 Å². The van der Waals surface area contributed by atoms with Crippen LogP contribution in [0, 0.1) is 13.8 Å². The van der Waals surface area contributed by atoms with Gasteiger partial charge in [-0.15, -0.1) is 0 Å². The molecule has 3 aromatic rings. The smallest absolute Gasteiger partial charge is 0.419 e. The van der Waals surface area contributed by atoms with E-state index in [1.54, 1.807) is 37.4 Å². The van der Waals surface area contributed by atoms with Gasteiger partial charge in [0.05, 0.1) is 24.6 Å². The van der Waals surface area contributed by atoms with Gasteiger partial charge in [0.1, 0.15) is 0 Å². The fourth-order valence-electron chi connectivity index (χ4n) is 3.78. The largest absolute Gasteiger partial charge is 0.457 e. The van der Waals surface area contributed by atoms with Crippen LogP contribution in [0.15, 0.2) is 39.5 Å². The van der Waals surface area contributed by atoms with E-state index in [9.17, 15) is 14.4 Å². The molecule has 3 rings (SSSR count). The minimum atomic E-state index is -0.554. The number of para-hydroxylation sites is 2. The van der Waals surface area contributed by atoms with Gasteiger partial charge in [0.25, 0.3) is 0 Å². The number of aryl methyl sites for hydroxylation is 2. The number of ether oxygens (including phenoxy) is 2. The number of esters is 1. The Bertz CT molecular complexity index is 1120. The van der Waals surface area contributed by atoms with Crippen LogP contribution in [0.3, 0.4) is 0 Å². The summed E-state index contributed by atoms with van der Waals surface area (Å²) in [7, 11) is 1.64. The van der Waals surface area contributed by atoms with E-state index in [2.05, 4.69) is 0 Å². The molecule has 0 aliphatic rings. The molecule has 160 valence electrons. The zero-order valence-corrected chi connectivity index (χ0v) is 17.6. The number of carbonyl (C=O) groups excluding carboxylic acids is 2. The standard InChI is InChI=1S/C22H26N2O6/c1-14-11-17(16(3)24(14)15(2)12-28-4)19(25)13-29-21(26)9-10-23-18-7-5-6-8-20(18)30-22(23)27/h5-8,11,15H,9-10,12-13H2,1-4H3/t15-/m1/s1. The Kier molecular flexibility index (Phi) is 6.56. The molecule has 1 atom stereocenters. The van der Waals surface area contributed by atoms with Gasteiger partial charge in [0, 0.05) is 30.6 Å². The number of Topliss-reactive ketones (excluding diaryl/α,β-unsaturated/α-hetero) is 1. The van der Waals surface area contributed by atoms with E-state index >= 15 is 0 Å². The summed E-state index contributed by atoms with van der Waals surface area (Å²) < 4.78 is 18.9. The van der Waals surface area contributed by atoms with E-state index in [0.29, 0.717) is 23.3 Å². The number of nitrogens with zero attached hydrogens (tertiary/aromatic N) is 2. The molecule has 0 saturated carbocycles. The number of benzene rings is 1. The summed E-state index contributed by atoms with van der Waals surface area (Å²) in [6, 6.07) is 8.87. The van der Waals surface area contributed by atoms with Crippen LogP contribution >= 0.6 is 0 Å². The van der Waals surface area contributed by atoms with Crippen molar-refractivity contribution in [2.75, 3.05) is 20.3 Å². The van der Waals surface area contributed by atoms with Crippen molar-refractivity contribution in [2.45, 2.75) is 39.8 Å². The first-order valence-electron chi connectivity index (χ1n) is 9.78. The van der Waals surface area contributed by atoms with E-state index in [1.165, 1.54) is 4.57 Å². The van der Waals surface area contributed by atoms with E-state index in [1.807, 2.05) is 25.3 Å². The second-order valence-corrected chi connectivity index (χ2v) is 7.28. The fraction of sp³-hybridized carbons (Fsp3) is 0.409. The molecule has 2 heterocycles. The van der Waals surface area contributed by atoms with Crippen molar-refractivity contribution in [3.8, 4) is 0 Å². The molecule has 0 aliphatic heterocycles. The summed E-state index contributed by atoms with van der Waals surface area (Å²) in [5.74, 6) is -1.35. The summed E-state index contributed by atoms with van der Waals surface area (Å²) >= 11 is 0. The number of carbonyl (C=O) groups is 2. The highest BCUT2D eigenvalue weighted by Gasteiger charge is 2.20. The van der Waals surface area contributed by atoms with Gasteiger partial charge in [-0.3, -0.25) is 14.2 Å². The molecule has 8 heteroatoms. The number of oxazole rings is 1. The number of ketones is 1.